The highest BCUT2D eigenvalue weighted by atomic mass is 32.2. The number of anilines is 1. The van der Waals surface area contributed by atoms with Gasteiger partial charge in [-0.05, 0) is 87.4 Å². The second-order valence-corrected chi connectivity index (χ2v) is 13.3. The molecule has 2 aromatic heterocycles. The van der Waals surface area contributed by atoms with Gasteiger partial charge in [0.2, 0.25) is 10.0 Å². The molecule has 0 bridgehead atoms. The maximum absolute atomic E-state index is 13.5. The molecule has 1 fully saturated rings. The van der Waals surface area contributed by atoms with Crippen molar-refractivity contribution in [2.45, 2.75) is 38.1 Å². The van der Waals surface area contributed by atoms with E-state index < -0.39 is 10.0 Å². The second-order valence-electron chi connectivity index (χ2n) is 11.3. The number of rotatable bonds is 13. The van der Waals surface area contributed by atoms with Gasteiger partial charge >= 0.3 is 0 Å². The fourth-order valence-electron chi connectivity index (χ4n) is 5.83. The Kier molecular flexibility index (Phi) is 10.00. The zero-order valence-corrected chi connectivity index (χ0v) is 27.9. The van der Waals surface area contributed by atoms with Crippen LogP contribution in [0.3, 0.4) is 0 Å². The SMILES string of the molecule is CCOc1ccc(CCNc2nc(C(C)N3CCN(S(=O)(=O)c4ccc(-n5cccn5)cc4)CC3)nc3ccccc23)cc1OCC. The number of nitrogens with zero attached hydrogens (tertiary/aromatic N) is 6. The van der Waals surface area contributed by atoms with Crippen LogP contribution >= 0.6 is 0 Å². The average molecular weight is 656 g/mol. The van der Waals surface area contributed by atoms with Gasteiger partial charge in [-0.25, -0.2) is 23.1 Å². The molecule has 0 aliphatic carbocycles. The number of ether oxygens (including phenoxy) is 2. The minimum Gasteiger partial charge on any atom is -0.490 e. The van der Waals surface area contributed by atoms with Gasteiger partial charge in [0.05, 0.1) is 35.4 Å². The van der Waals surface area contributed by atoms with Crippen molar-refractivity contribution in [2.75, 3.05) is 51.3 Å². The number of para-hydroxylation sites is 1. The third kappa shape index (κ3) is 7.24. The van der Waals surface area contributed by atoms with E-state index in [-0.39, 0.29) is 10.9 Å². The van der Waals surface area contributed by atoms with Crippen LogP contribution in [0.5, 0.6) is 11.5 Å². The molecule has 0 spiro atoms. The van der Waals surface area contributed by atoms with Crippen molar-refractivity contribution in [3.05, 3.63) is 96.6 Å². The molecule has 1 N–H and O–H groups in total. The quantitative estimate of drug-likeness (QED) is 0.180. The normalized spacial score (nSPS) is 15.0. The number of hydrogen-bond acceptors (Lipinski definition) is 9. The summed E-state index contributed by atoms with van der Waals surface area (Å²) in [5, 5.41) is 8.72. The van der Waals surface area contributed by atoms with Crippen molar-refractivity contribution < 1.29 is 17.9 Å². The summed E-state index contributed by atoms with van der Waals surface area (Å²) in [5.41, 5.74) is 2.81. The minimum atomic E-state index is -3.62. The molecule has 1 aliphatic rings. The van der Waals surface area contributed by atoms with Gasteiger partial charge in [-0.3, -0.25) is 4.90 Å². The summed E-state index contributed by atoms with van der Waals surface area (Å²) in [6.07, 6.45) is 4.29. The van der Waals surface area contributed by atoms with Gasteiger partial charge in [-0.1, -0.05) is 18.2 Å². The Morgan fingerprint density at radius 2 is 1.62 bits per heavy atom. The number of sulfonamides is 1. The van der Waals surface area contributed by atoms with E-state index in [1.54, 1.807) is 39.4 Å². The van der Waals surface area contributed by atoms with Crippen molar-refractivity contribution in [2.24, 2.45) is 0 Å². The lowest BCUT2D eigenvalue weighted by atomic mass is 10.1. The fourth-order valence-corrected chi connectivity index (χ4v) is 7.25. The molecule has 5 aromatic rings. The van der Waals surface area contributed by atoms with E-state index in [2.05, 4.69) is 28.3 Å². The molecule has 0 amide bonds. The number of nitrogens with one attached hydrogen (secondary N) is 1. The third-order valence-corrected chi connectivity index (χ3v) is 10.3. The Hall–Kier alpha value is -4.52. The predicted octanol–water partition coefficient (Wildman–Crippen LogP) is 5.34. The predicted molar refractivity (Wildman–Crippen MR) is 183 cm³/mol. The lowest BCUT2D eigenvalue weighted by Gasteiger charge is -2.36. The summed E-state index contributed by atoms with van der Waals surface area (Å²) < 4.78 is 41.7. The van der Waals surface area contributed by atoms with Gasteiger partial charge in [0.25, 0.3) is 0 Å². The first kappa shape index (κ1) is 32.4. The van der Waals surface area contributed by atoms with E-state index in [0.29, 0.717) is 51.8 Å². The van der Waals surface area contributed by atoms with Crippen LogP contribution in [-0.2, 0) is 16.4 Å². The maximum Gasteiger partial charge on any atom is 0.243 e. The van der Waals surface area contributed by atoms with Gasteiger partial charge in [0, 0.05) is 50.5 Å². The standard InChI is InChI=1S/C35H41N7O4S/c1-4-45-32-16-11-27(25-33(32)46-5-2)17-19-36-35-30-9-6-7-10-31(30)38-34(39-35)26(3)40-21-23-41(24-22-40)47(43,44)29-14-12-28(13-15-29)42-20-8-18-37-42/h6-16,18,20,25-26H,4-5,17,19,21-24H2,1-3H3,(H,36,38,39). The Bertz CT molecular complexity index is 1890. The van der Waals surface area contributed by atoms with Gasteiger partial charge in [-0.2, -0.15) is 9.40 Å². The molecule has 1 aliphatic heterocycles. The largest absolute Gasteiger partial charge is 0.490 e. The number of piperazine rings is 1. The van der Waals surface area contributed by atoms with Crippen LogP contribution in [0.4, 0.5) is 5.82 Å². The van der Waals surface area contributed by atoms with Crippen LogP contribution in [0, 0.1) is 0 Å². The molecule has 246 valence electrons. The molecule has 0 saturated carbocycles. The van der Waals surface area contributed by atoms with Crippen LogP contribution in [0.25, 0.3) is 16.6 Å². The molecule has 6 rings (SSSR count). The van der Waals surface area contributed by atoms with E-state index in [9.17, 15) is 8.42 Å². The molecule has 1 atom stereocenters. The number of hydrogen-bond donors (Lipinski definition) is 1. The topological polar surface area (TPSA) is 115 Å². The van der Waals surface area contributed by atoms with Gasteiger partial charge < -0.3 is 14.8 Å². The van der Waals surface area contributed by atoms with E-state index >= 15 is 0 Å². The Balaban J connectivity index is 1.12. The minimum absolute atomic E-state index is 0.0989. The highest BCUT2D eigenvalue weighted by molar-refractivity contribution is 7.89. The van der Waals surface area contributed by atoms with E-state index in [0.717, 1.165) is 45.9 Å². The summed E-state index contributed by atoms with van der Waals surface area (Å²) in [5.74, 6) is 3.00. The second kappa shape index (κ2) is 14.5. The summed E-state index contributed by atoms with van der Waals surface area (Å²) in [6, 6.07) is 22.6. The third-order valence-electron chi connectivity index (χ3n) is 8.37. The first-order chi connectivity index (χ1) is 22.9. The molecule has 0 radical (unpaired) electrons. The highest BCUT2D eigenvalue weighted by Gasteiger charge is 2.31. The number of fused-ring (bicyclic) bond motifs is 1. The van der Waals surface area contributed by atoms with Gasteiger partial charge in [0.1, 0.15) is 11.6 Å². The summed E-state index contributed by atoms with van der Waals surface area (Å²) in [4.78, 5) is 12.4. The van der Waals surface area contributed by atoms with Crippen LogP contribution in [0.2, 0.25) is 0 Å². The Morgan fingerprint density at radius 3 is 2.34 bits per heavy atom. The van der Waals surface area contributed by atoms with Gasteiger partial charge in [0.15, 0.2) is 11.5 Å². The van der Waals surface area contributed by atoms with Crippen LogP contribution in [0.15, 0.2) is 90.1 Å². The van der Waals surface area contributed by atoms with Crippen molar-refractivity contribution in [3.8, 4) is 17.2 Å². The summed E-state index contributed by atoms with van der Waals surface area (Å²) in [6.45, 7) is 9.76. The zero-order valence-electron chi connectivity index (χ0n) is 27.0. The summed E-state index contributed by atoms with van der Waals surface area (Å²) in [7, 11) is -3.62. The van der Waals surface area contributed by atoms with E-state index in [4.69, 9.17) is 19.4 Å². The molecule has 3 heterocycles. The summed E-state index contributed by atoms with van der Waals surface area (Å²) >= 11 is 0. The molecule has 1 unspecified atom stereocenters. The molecule has 1 saturated heterocycles. The lowest BCUT2D eigenvalue weighted by molar-refractivity contribution is 0.141. The first-order valence-corrected chi connectivity index (χ1v) is 17.5. The Labute approximate surface area is 276 Å². The molecule has 11 nitrogen and oxygen atoms in total. The van der Waals surface area contributed by atoms with Crippen molar-refractivity contribution in [1.82, 2.24) is 29.0 Å². The molecule has 3 aromatic carbocycles. The fraction of sp³-hybridized carbons (Fsp3) is 0.343. The highest BCUT2D eigenvalue weighted by Crippen LogP contribution is 2.30. The van der Waals surface area contributed by atoms with Crippen molar-refractivity contribution in [3.63, 3.8) is 0 Å². The van der Waals surface area contributed by atoms with E-state index in [1.807, 2.05) is 62.5 Å². The molecule has 47 heavy (non-hydrogen) atoms. The van der Waals surface area contributed by atoms with Crippen molar-refractivity contribution in [1.29, 1.82) is 0 Å². The number of benzene rings is 3. The Morgan fingerprint density at radius 1 is 0.872 bits per heavy atom. The molecule has 12 heteroatoms. The lowest BCUT2D eigenvalue weighted by Crippen LogP contribution is -2.49. The molecular formula is C35H41N7O4S. The van der Waals surface area contributed by atoms with Crippen LogP contribution in [-0.4, -0.2) is 83.3 Å². The molecular weight excluding hydrogens is 614 g/mol. The van der Waals surface area contributed by atoms with Crippen LogP contribution < -0.4 is 14.8 Å². The monoisotopic (exact) mass is 655 g/mol. The maximum atomic E-state index is 13.5. The van der Waals surface area contributed by atoms with Crippen LogP contribution in [0.1, 0.15) is 38.2 Å². The van der Waals surface area contributed by atoms with Gasteiger partial charge in [-0.15, -0.1) is 0 Å². The first-order valence-electron chi connectivity index (χ1n) is 16.1. The average Bonchev–Trinajstić information content (AvgIpc) is 3.65. The number of aromatic nitrogens is 4. The van der Waals surface area contributed by atoms with E-state index in [1.165, 1.54) is 0 Å². The smallest absolute Gasteiger partial charge is 0.243 e. The zero-order chi connectivity index (χ0) is 32.8. The van der Waals surface area contributed by atoms with Crippen molar-refractivity contribution >= 4 is 26.7 Å².